The highest BCUT2D eigenvalue weighted by Crippen LogP contribution is 2.14. The van der Waals surface area contributed by atoms with E-state index >= 15 is 0 Å². The van der Waals surface area contributed by atoms with Gasteiger partial charge in [-0.15, -0.1) is 0 Å². The molecule has 0 saturated carbocycles. The Bertz CT molecular complexity index is 573. The summed E-state index contributed by atoms with van der Waals surface area (Å²) < 4.78 is 26.3. The minimum absolute atomic E-state index is 0.0642. The van der Waals surface area contributed by atoms with Crippen molar-refractivity contribution in [1.82, 2.24) is 10.0 Å². The first kappa shape index (κ1) is 17.9. The van der Waals surface area contributed by atoms with Gasteiger partial charge in [0.05, 0.1) is 4.90 Å². The maximum Gasteiger partial charge on any atom is 0.240 e. The molecular weight excluding hydrogens is 312 g/mol. The topological polar surface area (TPSA) is 75.3 Å². The van der Waals surface area contributed by atoms with E-state index in [9.17, 15) is 13.2 Å². The molecule has 1 rings (SSSR count). The highest BCUT2D eigenvalue weighted by molar-refractivity contribution is 7.89. The first-order valence-corrected chi connectivity index (χ1v) is 8.69. The summed E-state index contributed by atoms with van der Waals surface area (Å²) in [5.74, 6) is 0.405. The average molecular weight is 333 g/mol. The summed E-state index contributed by atoms with van der Waals surface area (Å²) in [5.41, 5.74) is 0. The van der Waals surface area contributed by atoms with Crippen LogP contribution in [0, 0.1) is 5.92 Å². The highest BCUT2D eigenvalue weighted by atomic mass is 35.5. The molecule has 0 atom stereocenters. The van der Waals surface area contributed by atoms with Crippen LogP contribution >= 0.6 is 11.6 Å². The molecule has 0 aromatic heterocycles. The number of carbonyl (C=O) groups excluding carboxylic acids is 1. The Balaban J connectivity index is 2.36. The number of benzene rings is 1. The number of hydrogen-bond donors (Lipinski definition) is 2. The third kappa shape index (κ3) is 6.93. The quantitative estimate of drug-likeness (QED) is 0.716. The normalized spacial score (nSPS) is 11.6. The van der Waals surface area contributed by atoms with E-state index in [1.165, 1.54) is 12.1 Å². The average Bonchev–Trinajstić information content (AvgIpc) is 2.41. The van der Waals surface area contributed by atoms with Gasteiger partial charge in [-0.05, 0) is 30.5 Å². The van der Waals surface area contributed by atoms with E-state index in [4.69, 9.17) is 11.6 Å². The molecule has 0 bridgehead atoms. The molecule has 1 aromatic carbocycles. The van der Waals surface area contributed by atoms with Crippen molar-refractivity contribution in [3.05, 3.63) is 29.3 Å². The molecule has 7 heteroatoms. The van der Waals surface area contributed by atoms with Gasteiger partial charge in [0.15, 0.2) is 0 Å². The molecule has 2 N–H and O–H groups in total. The van der Waals surface area contributed by atoms with Gasteiger partial charge < -0.3 is 5.32 Å². The van der Waals surface area contributed by atoms with E-state index in [-0.39, 0.29) is 23.9 Å². The van der Waals surface area contributed by atoms with E-state index in [1.54, 1.807) is 12.1 Å². The van der Waals surface area contributed by atoms with Crippen LogP contribution in [0.4, 0.5) is 0 Å². The van der Waals surface area contributed by atoms with Crippen molar-refractivity contribution in [2.45, 2.75) is 31.6 Å². The molecule has 0 aliphatic rings. The van der Waals surface area contributed by atoms with Crippen LogP contribution in [0.1, 0.15) is 26.7 Å². The zero-order valence-electron chi connectivity index (χ0n) is 12.2. The van der Waals surface area contributed by atoms with Crippen LogP contribution in [0.25, 0.3) is 0 Å². The van der Waals surface area contributed by atoms with E-state index in [0.717, 1.165) is 6.42 Å². The fourth-order valence-electron chi connectivity index (χ4n) is 1.61. The van der Waals surface area contributed by atoms with E-state index in [2.05, 4.69) is 10.0 Å². The minimum atomic E-state index is -3.59. The van der Waals surface area contributed by atoms with Gasteiger partial charge in [-0.25, -0.2) is 13.1 Å². The Hall–Kier alpha value is -1.11. The molecule has 0 fully saturated rings. The van der Waals surface area contributed by atoms with Gasteiger partial charge in [-0.1, -0.05) is 31.5 Å². The maximum atomic E-state index is 12.0. The molecular formula is C14H21ClN2O3S. The Morgan fingerprint density at radius 2 is 2.00 bits per heavy atom. The number of amides is 1. The SMILES string of the molecule is CC(C)CCC(=O)NCCNS(=O)(=O)c1cccc(Cl)c1. The molecule has 0 unspecified atom stereocenters. The number of hydrogen-bond acceptors (Lipinski definition) is 3. The Kier molecular flexibility index (Phi) is 7.14. The lowest BCUT2D eigenvalue weighted by molar-refractivity contribution is -0.121. The molecule has 0 radical (unpaired) electrons. The smallest absolute Gasteiger partial charge is 0.240 e. The standard InChI is InChI=1S/C14H21ClN2O3S/c1-11(2)6-7-14(18)16-8-9-17-21(19,20)13-5-3-4-12(15)10-13/h3-5,10-11,17H,6-9H2,1-2H3,(H,16,18). The van der Waals surface area contributed by atoms with Gasteiger partial charge in [-0.2, -0.15) is 0 Å². The van der Waals surface area contributed by atoms with Crippen molar-refractivity contribution >= 4 is 27.5 Å². The Morgan fingerprint density at radius 3 is 2.62 bits per heavy atom. The van der Waals surface area contributed by atoms with Crippen LogP contribution in [0.3, 0.4) is 0 Å². The third-order valence-corrected chi connectivity index (χ3v) is 4.49. The van der Waals surface area contributed by atoms with Crippen LogP contribution in [0.5, 0.6) is 0 Å². The monoisotopic (exact) mass is 332 g/mol. The van der Waals surface area contributed by atoms with Gasteiger partial charge in [-0.3, -0.25) is 4.79 Å². The summed E-state index contributed by atoms with van der Waals surface area (Å²) in [5, 5.41) is 3.04. The van der Waals surface area contributed by atoms with Crippen LogP contribution < -0.4 is 10.0 Å². The van der Waals surface area contributed by atoms with Crippen LogP contribution in [-0.2, 0) is 14.8 Å². The predicted octanol–water partition coefficient (Wildman–Crippen LogP) is 2.17. The lowest BCUT2D eigenvalue weighted by Crippen LogP contribution is -2.34. The number of carbonyl (C=O) groups is 1. The van der Waals surface area contributed by atoms with Gasteiger partial charge >= 0.3 is 0 Å². The van der Waals surface area contributed by atoms with Gasteiger partial charge in [0.25, 0.3) is 0 Å². The fourth-order valence-corrected chi connectivity index (χ4v) is 2.95. The molecule has 1 aromatic rings. The summed E-state index contributed by atoms with van der Waals surface area (Å²) >= 11 is 5.76. The van der Waals surface area contributed by atoms with E-state index in [1.807, 2.05) is 13.8 Å². The zero-order valence-corrected chi connectivity index (χ0v) is 13.8. The largest absolute Gasteiger partial charge is 0.355 e. The molecule has 21 heavy (non-hydrogen) atoms. The van der Waals surface area contributed by atoms with Crippen molar-refractivity contribution in [3.63, 3.8) is 0 Å². The van der Waals surface area contributed by atoms with Crippen molar-refractivity contribution < 1.29 is 13.2 Å². The molecule has 5 nitrogen and oxygen atoms in total. The summed E-state index contributed by atoms with van der Waals surface area (Å²) in [4.78, 5) is 11.6. The van der Waals surface area contributed by atoms with Crippen molar-refractivity contribution in [2.75, 3.05) is 13.1 Å². The van der Waals surface area contributed by atoms with Gasteiger partial charge in [0.1, 0.15) is 0 Å². The second kappa shape index (κ2) is 8.36. The first-order valence-electron chi connectivity index (χ1n) is 6.83. The van der Waals surface area contributed by atoms with Crippen LogP contribution in [0.2, 0.25) is 5.02 Å². The number of rotatable bonds is 8. The second-order valence-electron chi connectivity index (χ2n) is 5.14. The van der Waals surface area contributed by atoms with Crippen molar-refractivity contribution in [1.29, 1.82) is 0 Å². The number of halogens is 1. The summed E-state index contributed by atoms with van der Waals surface area (Å²) in [6.07, 6.45) is 1.28. The Labute approximate surface area is 131 Å². The minimum Gasteiger partial charge on any atom is -0.355 e. The van der Waals surface area contributed by atoms with Crippen LogP contribution in [-0.4, -0.2) is 27.4 Å². The zero-order chi connectivity index (χ0) is 15.9. The predicted molar refractivity (Wildman–Crippen MR) is 83.7 cm³/mol. The number of sulfonamides is 1. The van der Waals surface area contributed by atoms with Crippen molar-refractivity contribution in [3.8, 4) is 0 Å². The van der Waals surface area contributed by atoms with E-state index < -0.39 is 10.0 Å². The molecule has 1 amide bonds. The first-order chi connectivity index (χ1) is 9.81. The highest BCUT2D eigenvalue weighted by Gasteiger charge is 2.13. The lowest BCUT2D eigenvalue weighted by atomic mass is 10.1. The van der Waals surface area contributed by atoms with E-state index in [0.29, 0.717) is 17.4 Å². The second-order valence-corrected chi connectivity index (χ2v) is 7.34. The molecule has 0 heterocycles. The van der Waals surface area contributed by atoms with Crippen molar-refractivity contribution in [2.24, 2.45) is 5.92 Å². The lowest BCUT2D eigenvalue weighted by Gasteiger charge is -2.09. The number of nitrogens with one attached hydrogen (secondary N) is 2. The third-order valence-electron chi connectivity index (χ3n) is 2.79. The van der Waals surface area contributed by atoms with Gasteiger partial charge in [0, 0.05) is 24.5 Å². The fraction of sp³-hybridized carbons (Fsp3) is 0.500. The molecule has 0 aliphatic carbocycles. The Morgan fingerprint density at radius 1 is 1.29 bits per heavy atom. The molecule has 118 valence electrons. The molecule has 0 saturated heterocycles. The summed E-state index contributed by atoms with van der Waals surface area (Å²) in [7, 11) is -3.59. The van der Waals surface area contributed by atoms with Crippen LogP contribution in [0.15, 0.2) is 29.2 Å². The van der Waals surface area contributed by atoms with Gasteiger partial charge in [0.2, 0.25) is 15.9 Å². The molecule has 0 aliphatic heterocycles. The summed E-state index contributed by atoms with van der Waals surface area (Å²) in [6, 6.07) is 6.03. The molecule has 0 spiro atoms. The maximum absolute atomic E-state index is 12.0. The summed E-state index contributed by atoms with van der Waals surface area (Å²) in [6.45, 7) is 4.50.